The van der Waals surface area contributed by atoms with E-state index in [1.54, 1.807) is 6.92 Å². The highest BCUT2D eigenvalue weighted by atomic mass is 32.2. The van der Waals surface area contributed by atoms with Crippen LogP contribution in [-0.2, 0) is 14.8 Å². The van der Waals surface area contributed by atoms with Crippen LogP contribution >= 0.6 is 0 Å². The van der Waals surface area contributed by atoms with Crippen molar-refractivity contribution in [2.24, 2.45) is 0 Å². The van der Waals surface area contributed by atoms with Gasteiger partial charge >= 0.3 is 5.97 Å². The number of carboxylic acids is 1. The Morgan fingerprint density at radius 2 is 2.30 bits per heavy atom. The van der Waals surface area contributed by atoms with E-state index in [1.807, 2.05) is 6.07 Å². The standard InChI is InChI=1S/C12H13N3O4S/c1-8-9(6-13)5-10(7-14-8)20(18,19)15-4-2-3-11(15)12(16)17/h5,7,11H,2-4H2,1H3,(H,16,17)/t11-/m1/s1. The first-order chi connectivity index (χ1) is 9.37. The van der Waals surface area contributed by atoms with E-state index in [0.29, 0.717) is 18.5 Å². The first kappa shape index (κ1) is 14.4. The lowest BCUT2D eigenvalue weighted by Gasteiger charge is -2.20. The van der Waals surface area contributed by atoms with Crippen molar-refractivity contribution in [1.29, 1.82) is 5.26 Å². The van der Waals surface area contributed by atoms with Crippen molar-refractivity contribution in [3.63, 3.8) is 0 Å². The first-order valence-corrected chi connectivity index (χ1v) is 7.43. The van der Waals surface area contributed by atoms with E-state index in [0.717, 1.165) is 10.5 Å². The molecule has 1 aliphatic rings. The number of nitrogens with zero attached hydrogens (tertiary/aromatic N) is 3. The number of aryl methyl sites for hydroxylation is 1. The second-order valence-corrected chi connectivity index (χ2v) is 6.42. The zero-order valence-corrected chi connectivity index (χ0v) is 11.6. The number of aromatic nitrogens is 1. The first-order valence-electron chi connectivity index (χ1n) is 5.99. The van der Waals surface area contributed by atoms with Gasteiger partial charge in [-0.05, 0) is 25.8 Å². The van der Waals surface area contributed by atoms with E-state index in [1.165, 1.54) is 6.07 Å². The third-order valence-electron chi connectivity index (χ3n) is 3.28. The zero-order chi connectivity index (χ0) is 14.9. The van der Waals surface area contributed by atoms with Gasteiger partial charge in [-0.2, -0.15) is 9.57 Å². The van der Waals surface area contributed by atoms with Crippen LogP contribution in [0.25, 0.3) is 0 Å². The minimum atomic E-state index is -3.94. The lowest BCUT2D eigenvalue weighted by atomic mass is 10.2. The molecule has 0 saturated carbocycles. The summed E-state index contributed by atoms with van der Waals surface area (Å²) < 4.78 is 25.8. The van der Waals surface area contributed by atoms with Crippen molar-refractivity contribution in [2.45, 2.75) is 30.7 Å². The number of pyridine rings is 1. The topological polar surface area (TPSA) is 111 Å². The van der Waals surface area contributed by atoms with Gasteiger partial charge in [-0.1, -0.05) is 0 Å². The molecule has 1 N–H and O–H groups in total. The van der Waals surface area contributed by atoms with Gasteiger partial charge in [0, 0.05) is 12.7 Å². The molecule has 2 rings (SSSR count). The number of nitriles is 1. The second kappa shape index (κ2) is 5.19. The third-order valence-corrected chi connectivity index (χ3v) is 5.15. The molecule has 1 aromatic rings. The maximum absolute atomic E-state index is 12.4. The van der Waals surface area contributed by atoms with Gasteiger partial charge in [-0.15, -0.1) is 0 Å². The molecule has 1 atom stereocenters. The Morgan fingerprint density at radius 3 is 2.90 bits per heavy atom. The highest BCUT2D eigenvalue weighted by molar-refractivity contribution is 7.89. The maximum atomic E-state index is 12.4. The predicted octanol–water partition coefficient (Wildman–Crippen LogP) is 0.499. The SMILES string of the molecule is Cc1ncc(S(=O)(=O)N2CCC[C@@H]2C(=O)O)cc1C#N. The van der Waals surface area contributed by atoms with Crippen LogP contribution in [0.1, 0.15) is 24.1 Å². The van der Waals surface area contributed by atoms with Gasteiger partial charge in [-0.3, -0.25) is 9.78 Å². The van der Waals surface area contributed by atoms with Gasteiger partial charge in [0.05, 0.1) is 11.3 Å². The molecule has 1 saturated heterocycles. The van der Waals surface area contributed by atoms with Crippen molar-refractivity contribution in [1.82, 2.24) is 9.29 Å². The van der Waals surface area contributed by atoms with Gasteiger partial charge in [0.25, 0.3) is 0 Å². The normalized spacial score (nSPS) is 19.7. The van der Waals surface area contributed by atoms with E-state index < -0.39 is 22.0 Å². The van der Waals surface area contributed by atoms with Crippen LogP contribution in [0.15, 0.2) is 17.2 Å². The fraction of sp³-hybridized carbons (Fsp3) is 0.417. The maximum Gasteiger partial charge on any atom is 0.322 e. The summed E-state index contributed by atoms with van der Waals surface area (Å²) in [6, 6.07) is 2.05. The number of carbonyl (C=O) groups is 1. The van der Waals surface area contributed by atoms with Crippen LogP contribution in [0.5, 0.6) is 0 Å². The molecule has 1 aliphatic heterocycles. The van der Waals surface area contributed by atoms with Crippen LogP contribution in [0.4, 0.5) is 0 Å². The van der Waals surface area contributed by atoms with Crippen LogP contribution < -0.4 is 0 Å². The molecular formula is C12H13N3O4S. The number of carboxylic acid groups (broad SMARTS) is 1. The minimum absolute atomic E-state index is 0.146. The highest BCUT2D eigenvalue weighted by Gasteiger charge is 2.39. The van der Waals surface area contributed by atoms with Crippen LogP contribution in [0, 0.1) is 18.3 Å². The van der Waals surface area contributed by atoms with Crippen molar-refractivity contribution in [2.75, 3.05) is 6.54 Å². The van der Waals surface area contributed by atoms with Gasteiger partial charge in [0.15, 0.2) is 0 Å². The smallest absolute Gasteiger partial charge is 0.322 e. The molecule has 0 radical (unpaired) electrons. The van der Waals surface area contributed by atoms with Gasteiger partial charge in [0.2, 0.25) is 10.0 Å². The summed E-state index contributed by atoms with van der Waals surface area (Å²) in [7, 11) is -3.94. The molecule has 106 valence electrons. The third kappa shape index (κ3) is 2.37. The van der Waals surface area contributed by atoms with Crippen molar-refractivity contribution >= 4 is 16.0 Å². The molecule has 0 unspecified atom stereocenters. The molecular weight excluding hydrogens is 282 g/mol. The Labute approximate surface area is 116 Å². The monoisotopic (exact) mass is 295 g/mol. The summed E-state index contributed by atoms with van der Waals surface area (Å²) >= 11 is 0. The van der Waals surface area contributed by atoms with Crippen molar-refractivity contribution in [3.05, 3.63) is 23.5 Å². The molecule has 2 heterocycles. The number of hydrogen-bond donors (Lipinski definition) is 1. The fourth-order valence-corrected chi connectivity index (χ4v) is 3.80. The molecule has 0 aromatic carbocycles. The highest BCUT2D eigenvalue weighted by Crippen LogP contribution is 2.26. The molecule has 0 amide bonds. The van der Waals surface area contributed by atoms with Gasteiger partial charge in [0.1, 0.15) is 17.0 Å². The van der Waals surface area contributed by atoms with E-state index in [2.05, 4.69) is 4.98 Å². The number of aliphatic carboxylic acids is 1. The van der Waals surface area contributed by atoms with E-state index in [-0.39, 0.29) is 17.0 Å². The van der Waals surface area contributed by atoms with E-state index in [4.69, 9.17) is 10.4 Å². The number of sulfonamides is 1. The summed E-state index contributed by atoms with van der Waals surface area (Å²) in [6.45, 7) is 1.76. The minimum Gasteiger partial charge on any atom is -0.480 e. The van der Waals surface area contributed by atoms with E-state index in [9.17, 15) is 13.2 Å². The Bertz CT molecular complexity index is 693. The molecule has 8 heteroatoms. The summed E-state index contributed by atoms with van der Waals surface area (Å²) in [5.74, 6) is -1.16. The van der Waals surface area contributed by atoms with E-state index >= 15 is 0 Å². The largest absolute Gasteiger partial charge is 0.480 e. The quantitative estimate of drug-likeness (QED) is 0.869. The molecule has 1 aromatic heterocycles. The van der Waals surface area contributed by atoms with Gasteiger partial charge in [-0.25, -0.2) is 8.42 Å². The summed E-state index contributed by atoms with van der Waals surface area (Å²) in [5, 5.41) is 18.0. The fourth-order valence-electron chi connectivity index (χ4n) is 2.18. The zero-order valence-electron chi connectivity index (χ0n) is 10.8. The average Bonchev–Trinajstić information content (AvgIpc) is 2.89. The number of rotatable bonds is 3. The molecule has 1 fully saturated rings. The van der Waals surface area contributed by atoms with Gasteiger partial charge < -0.3 is 5.11 Å². The molecule has 0 bridgehead atoms. The van der Waals surface area contributed by atoms with Crippen LogP contribution in [0.2, 0.25) is 0 Å². The summed E-state index contributed by atoms with van der Waals surface area (Å²) in [4.78, 5) is 14.8. The summed E-state index contributed by atoms with van der Waals surface area (Å²) in [6.07, 6.45) is 1.95. The Balaban J connectivity index is 2.46. The van der Waals surface area contributed by atoms with Crippen LogP contribution in [-0.4, -0.2) is 41.4 Å². The number of hydrogen-bond acceptors (Lipinski definition) is 5. The molecule has 7 nitrogen and oxygen atoms in total. The van der Waals surface area contributed by atoms with Crippen LogP contribution in [0.3, 0.4) is 0 Å². The Morgan fingerprint density at radius 1 is 1.60 bits per heavy atom. The Kier molecular flexibility index (Phi) is 3.74. The lowest BCUT2D eigenvalue weighted by Crippen LogP contribution is -2.40. The second-order valence-electron chi connectivity index (χ2n) is 4.53. The van der Waals surface area contributed by atoms with Crippen molar-refractivity contribution < 1.29 is 18.3 Å². The predicted molar refractivity (Wildman–Crippen MR) is 68.2 cm³/mol. The van der Waals surface area contributed by atoms with Crippen molar-refractivity contribution in [3.8, 4) is 6.07 Å². The average molecular weight is 295 g/mol. The molecule has 20 heavy (non-hydrogen) atoms. The molecule has 0 aliphatic carbocycles. The summed E-state index contributed by atoms with van der Waals surface area (Å²) in [5.41, 5.74) is 0.597. The lowest BCUT2D eigenvalue weighted by molar-refractivity contribution is -0.140. The molecule has 0 spiro atoms. The Hall–Kier alpha value is -1.98.